The van der Waals surface area contributed by atoms with E-state index in [1.54, 1.807) is 12.1 Å². The van der Waals surface area contributed by atoms with E-state index in [0.29, 0.717) is 15.9 Å². The molecule has 0 amide bonds. The Kier molecular flexibility index (Phi) is 2.58. The van der Waals surface area contributed by atoms with Crippen LogP contribution in [0.4, 0.5) is 8.78 Å². The summed E-state index contributed by atoms with van der Waals surface area (Å²) in [5, 5.41) is 9.40. The number of carbonyl (C=O) groups is 1. The molecule has 0 aliphatic rings. The number of carboxylic acids is 1. The van der Waals surface area contributed by atoms with E-state index in [2.05, 4.69) is 0 Å². The first-order chi connectivity index (χ1) is 7.84. The summed E-state index contributed by atoms with van der Waals surface area (Å²) in [6, 6.07) is 5.78. The predicted molar refractivity (Wildman–Crippen MR) is 59.5 cm³/mol. The Morgan fingerprint density at radius 2 is 2.06 bits per heavy atom. The smallest absolute Gasteiger partial charge is 0.382 e. The molecule has 0 saturated carbocycles. The standard InChI is InChI=1S/C11H8ClF2NO2/c1-15-8-3-2-7(12)4-6(8)5-9(15)11(13,14)10(16)17/h2-5H,1H3,(H,16,17). The van der Waals surface area contributed by atoms with E-state index in [1.165, 1.54) is 13.1 Å². The van der Waals surface area contributed by atoms with Gasteiger partial charge in [0.1, 0.15) is 5.69 Å². The SMILES string of the molecule is Cn1c(C(F)(F)C(=O)O)cc2cc(Cl)ccc21. The topological polar surface area (TPSA) is 42.2 Å². The van der Waals surface area contributed by atoms with Gasteiger partial charge in [-0.1, -0.05) is 11.6 Å². The molecule has 0 aliphatic carbocycles. The van der Waals surface area contributed by atoms with Gasteiger partial charge in [-0.25, -0.2) is 4.79 Å². The molecule has 0 bridgehead atoms. The number of aliphatic carboxylic acids is 1. The monoisotopic (exact) mass is 259 g/mol. The van der Waals surface area contributed by atoms with Crippen molar-refractivity contribution in [3.05, 3.63) is 35.0 Å². The maximum absolute atomic E-state index is 13.4. The summed E-state index contributed by atoms with van der Waals surface area (Å²) >= 11 is 5.74. The van der Waals surface area contributed by atoms with Crippen LogP contribution >= 0.6 is 11.6 Å². The Balaban J connectivity index is 2.72. The van der Waals surface area contributed by atoms with Gasteiger partial charge >= 0.3 is 11.9 Å². The molecule has 90 valence electrons. The van der Waals surface area contributed by atoms with Gasteiger partial charge in [0.2, 0.25) is 0 Å². The quantitative estimate of drug-likeness (QED) is 0.901. The van der Waals surface area contributed by atoms with Crippen molar-refractivity contribution < 1.29 is 18.7 Å². The highest BCUT2D eigenvalue weighted by atomic mass is 35.5. The molecule has 0 atom stereocenters. The van der Waals surface area contributed by atoms with Crippen LogP contribution in [0.2, 0.25) is 5.02 Å². The highest BCUT2D eigenvalue weighted by Gasteiger charge is 2.43. The zero-order valence-electron chi connectivity index (χ0n) is 8.75. The number of hydrogen-bond acceptors (Lipinski definition) is 1. The molecule has 0 fully saturated rings. The summed E-state index contributed by atoms with van der Waals surface area (Å²) in [5.74, 6) is -6.09. The highest BCUT2D eigenvalue weighted by molar-refractivity contribution is 6.31. The summed E-state index contributed by atoms with van der Waals surface area (Å²) in [5.41, 5.74) is -0.0624. The van der Waals surface area contributed by atoms with Gasteiger partial charge in [0, 0.05) is 23.0 Å². The van der Waals surface area contributed by atoms with Crippen molar-refractivity contribution in [1.82, 2.24) is 4.57 Å². The Hall–Kier alpha value is -1.62. The lowest BCUT2D eigenvalue weighted by atomic mass is 10.2. The van der Waals surface area contributed by atoms with Gasteiger partial charge in [0.15, 0.2) is 0 Å². The van der Waals surface area contributed by atoms with Crippen LogP contribution in [-0.2, 0) is 17.8 Å². The van der Waals surface area contributed by atoms with Crippen LogP contribution in [0.5, 0.6) is 0 Å². The fourth-order valence-corrected chi connectivity index (χ4v) is 1.91. The van der Waals surface area contributed by atoms with Crippen LogP contribution in [0, 0.1) is 0 Å². The fraction of sp³-hybridized carbons (Fsp3) is 0.182. The molecule has 2 rings (SSSR count). The van der Waals surface area contributed by atoms with Gasteiger partial charge in [-0.2, -0.15) is 8.78 Å². The molecule has 0 saturated heterocycles. The zero-order chi connectivity index (χ0) is 12.8. The van der Waals surface area contributed by atoms with Gasteiger partial charge in [0.25, 0.3) is 0 Å². The minimum absolute atomic E-state index is 0.410. The lowest BCUT2D eigenvalue weighted by molar-refractivity contribution is -0.167. The number of benzene rings is 1. The minimum Gasteiger partial charge on any atom is -0.476 e. The molecule has 1 aromatic carbocycles. The first kappa shape index (κ1) is 11.9. The van der Waals surface area contributed by atoms with Crippen LogP contribution in [-0.4, -0.2) is 15.6 Å². The van der Waals surface area contributed by atoms with Crippen molar-refractivity contribution in [2.24, 2.45) is 7.05 Å². The number of aromatic nitrogens is 1. The first-order valence-corrected chi connectivity index (χ1v) is 5.08. The molecule has 0 aliphatic heterocycles. The van der Waals surface area contributed by atoms with Gasteiger partial charge in [0.05, 0.1) is 0 Å². The third-order valence-electron chi connectivity index (χ3n) is 2.59. The van der Waals surface area contributed by atoms with Crippen LogP contribution < -0.4 is 0 Å². The normalized spacial score (nSPS) is 12.0. The molecule has 0 unspecified atom stereocenters. The van der Waals surface area contributed by atoms with E-state index < -0.39 is 17.6 Å². The van der Waals surface area contributed by atoms with Gasteiger partial charge in [-0.15, -0.1) is 0 Å². The molecule has 1 aromatic heterocycles. The minimum atomic E-state index is -3.92. The Morgan fingerprint density at radius 3 is 2.65 bits per heavy atom. The van der Waals surface area contributed by atoms with E-state index in [0.717, 1.165) is 10.6 Å². The Bertz CT molecular complexity index is 607. The van der Waals surface area contributed by atoms with E-state index in [1.807, 2.05) is 0 Å². The summed E-state index contributed by atoms with van der Waals surface area (Å²) in [7, 11) is 1.39. The summed E-state index contributed by atoms with van der Waals surface area (Å²) in [6.45, 7) is 0. The van der Waals surface area contributed by atoms with Crippen molar-refractivity contribution in [1.29, 1.82) is 0 Å². The average molecular weight is 260 g/mol. The predicted octanol–water partition coefficient (Wildman–Crippen LogP) is 3.01. The maximum atomic E-state index is 13.4. The number of halogens is 3. The van der Waals surface area contributed by atoms with Crippen LogP contribution in [0.25, 0.3) is 10.9 Å². The number of aryl methyl sites for hydroxylation is 1. The Morgan fingerprint density at radius 1 is 1.41 bits per heavy atom. The lowest BCUT2D eigenvalue weighted by Gasteiger charge is -2.12. The molecule has 1 heterocycles. The second-order valence-electron chi connectivity index (χ2n) is 3.67. The largest absolute Gasteiger partial charge is 0.476 e. The van der Waals surface area contributed by atoms with Gasteiger partial charge in [-0.05, 0) is 24.3 Å². The molecular weight excluding hydrogens is 252 g/mol. The van der Waals surface area contributed by atoms with E-state index in [9.17, 15) is 13.6 Å². The average Bonchev–Trinajstić information content (AvgIpc) is 2.55. The van der Waals surface area contributed by atoms with E-state index in [4.69, 9.17) is 16.7 Å². The number of alkyl halides is 2. The first-order valence-electron chi connectivity index (χ1n) is 4.70. The van der Waals surface area contributed by atoms with Crippen LogP contribution in [0.3, 0.4) is 0 Å². The third kappa shape index (κ3) is 1.76. The van der Waals surface area contributed by atoms with Crippen molar-refractivity contribution in [3.8, 4) is 0 Å². The van der Waals surface area contributed by atoms with Gasteiger partial charge < -0.3 is 9.67 Å². The number of carboxylic acid groups (broad SMARTS) is 1. The van der Waals surface area contributed by atoms with E-state index >= 15 is 0 Å². The summed E-state index contributed by atoms with van der Waals surface area (Å²) < 4.78 is 28.0. The molecule has 0 radical (unpaired) electrons. The fourth-order valence-electron chi connectivity index (χ4n) is 1.73. The number of fused-ring (bicyclic) bond motifs is 1. The molecule has 2 aromatic rings. The highest BCUT2D eigenvalue weighted by Crippen LogP contribution is 2.33. The van der Waals surface area contributed by atoms with Crippen molar-refractivity contribution >= 4 is 28.5 Å². The van der Waals surface area contributed by atoms with Crippen molar-refractivity contribution in [2.75, 3.05) is 0 Å². The number of rotatable bonds is 2. The van der Waals surface area contributed by atoms with Crippen LogP contribution in [0.1, 0.15) is 5.69 Å². The molecular formula is C11H8ClF2NO2. The van der Waals surface area contributed by atoms with E-state index in [-0.39, 0.29) is 0 Å². The third-order valence-corrected chi connectivity index (χ3v) is 2.83. The van der Waals surface area contributed by atoms with Crippen molar-refractivity contribution in [2.45, 2.75) is 5.92 Å². The maximum Gasteiger partial charge on any atom is 0.382 e. The molecule has 17 heavy (non-hydrogen) atoms. The van der Waals surface area contributed by atoms with Crippen molar-refractivity contribution in [3.63, 3.8) is 0 Å². The second kappa shape index (κ2) is 3.70. The van der Waals surface area contributed by atoms with Crippen LogP contribution in [0.15, 0.2) is 24.3 Å². The number of hydrogen-bond donors (Lipinski definition) is 1. The summed E-state index contributed by atoms with van der Waals surface area (Å²) in [4.78, 5) is 10.5. The second-order valence-corrected chi connectivity index (χ2v) is 4.11. The summed E-state index contributed by atoms with van der Waals surface area (Å²) in [6.07, 6.45) is 0. The number of nitrogens with zero attached hydrogens (tertiary/aromatic N) is 1. The molecule has 0 spiro atoms. The molecule has 1 N–H and O–H groups in total. The van der Waals surface area contributed by atoms with Gasteiger partial charge in [-0.3, -0.25) is 0 Å². The zero-order valence-corrected chi connectivity index (χ0v) is 9.50. The molecule has 6 heteroatoms. The lowest BCUT2D eigenvalue weighted by Crippen LogP contribution is -2.27. The molecule has 3 nitrogen and oxygen atoms in total. The Labute approximate surface area is 100 Å².